The number of hydrogen-bond acceptors (Lipinski definition) is 3. The van der Waals surface area contributed by atoms with Crippen molar-refractivity contribution in [2.24, 2.45) is 0 Å². The van der Waals surface area contributed by atoms with Crippen LogP contribution in [-0.4, -0.2) is 39.2 Å². The van der Waals surface area contributed by atoms with Gasteiger partial charge < -0.3 is 19.0 Å². The van der Waals surface area contributed by atoms with Gasteiger partial charge in [0.25, 0.3) is 0 Å². The fraction of sp³-hybridized carbons (Fsp3) is 0.579. The van der Waals surface area contributed by atoms with Crippen molar-refractivity contribution in [1.29, 1.82) is 0 Å². The Morgan fingerprint density at radius 1 is 1.25 bits per heavy atom. The Hall–Kier alpha value is -1.30. The van der Waals surface area contributed by atoms with Gasteiger partial charge in [-0.2, -0.15) is 0 Å². The van der Waals surface area contributed by atoms with Gasteiger partial charge in [0.15, 0.2) is 8.32 Å². The molecular formula is C19H30N2O2Si. The Bertz CT molecular complexity index is 699. The lowest BCUT2D eigenvalue weighted by Crippen LogP contribution is -2.41. The second-order valence-electron chi connectivity index (χ2n) is 8.22. The fourth-order valence-corrected chi connectivity index (χ4v) is 3.74. The summed E-state index contributed by atoms with van der Waals surface area (Å²) in [5.74, 6) is 0. The number of nitrogens with zero attached hydrogens (tertiary/aromatic N) is 1. The average Bonchev–Trinajstić information content (AvgIpc) is 2.84. The zero-order valence-electron chi connectivity index (χ0n) is 15.6. The Kier molecular flexibility index (Phi) is 4.77. The third-order valence-electron chi connectivity index (χ3n) is 5.43. The van der Waals surface area contributed by atoms with Crippen LogP contribution in [0.3, 0.4) is 0 Å². The molecule has 132 valence electrons. The van der Waals surface area contributed by atoms with Crippen molar-refractivity contribution in [2.45, 2.75) is 44.9 Å². The average molecular weight is 347 g/mol. The summed E-state index contributed by atoms with van der Waals surface area (Å²) in [6, 6.07) is 9.26. The van der Waals surface area contributed by atoms with Crippen LogP contribution in [0, 0.1) is 0 Å². The first-order valence-corrected chi connectivity index (χ1v) is 11.7. The number of ether oxygens (including phenoxy) is 1. The third kappa shape index (κ3) is 3.53. The van der Waals surface area contributed by atoms with Crippen LogP contribution in [0.25, 0.3) is 10.9 Å². The lowest BCUT2D eigenvalue weighted by molar-refractivity contribution is -0.0213. The molecule has 0 spiro atoms. The van der Waals surface area contributed by atoms with Gasteiger partial charge in [-0.1, -0.05) is 20.8 Å². The van der Waals surface area contributed by atoms with Gasteiger partial charge in [-0.25, -0.2) is 0 Å². The first-order valence-electron chi connectivity index (χ1n) is 8.84. The standard InChI is InChI=1S/C19H30N2O2Si/c1-19(2,3)24(4,5)23-11-9-20-16-6-7-18-15(12-16)8-10-21(18)17-13-22-14-17/h6-8,10,12,17,20H,9,11,13-14H2,1-5H3. The molecule has 1 aromatic heterocycles. The zero-order chi connectivity index (χ0) is 17.4. The fourth-order valence-electron chi connectivity index (χ4n) is 2.69. The Balaban J connectivity index is 1.56. The van der Waals surface area contributed by atoms with Crippen molar-refractivity contribution in [2.75, 3.05) is 31.7 Å². The molecule has 0 radical (unpaired) electrons. The van der Waals surface area contributed by atoms with Crippen molar-refractivity contribution in [3.63, 3.8) is 0 Å². The molecule has 5 heteroatoms. The summed E-state index contributed by atoms with van der Waals surface area (Å²) in [4.78, 5) is 0. The molecule has 1 aliphatic heterocycles. The van der Waals surface area contributed by atoms with Gasteiger partial charge in [-0.15, -0.1) is 0 Å². The molecule has 1 fully saturated rings. The molecule has 0 unspecified atom stereocenters. The van der Waals surface area contributed by atoms with E-state index in [0.29, 0.717) is 6.04 Å². The highest BCUT2D eigenvalue weighted by Gasteiger charge is 2.36. The molecule has 1 saturated heterocycles. The lowest BCUT2D eigenvalue weighted by atomic mass is 10.2. The Labute approximate surface area is 146 Å². The Morgan fingerprint density at radius 2 is 2.00 bits per heavy atom. The molecular weight excluding hydrogens is 316 g/mol. The Morgan fingerprint density at radius 3 is 2.62 bits per heavy atom. The van der Waals surface area contributed by atoms with Crippen LogP contribution in [0.4, 0.5) is 5.69 Å². The number of aromatic nitrogens is 1. The van der Waals surface area contributed by atoms with E-state index in [0.717, 1.165) is 32.1 Å². The van der Waals surface area contributed by atoms with Crippen LogP contribution in [-0.2, 0) is 9.16 Å². The second kappa shape index (κ2) is 6.54. The molecule has 24 heavy (non-hydrogen) atoms. The number of anilines is 1. The maximum atomic E-state index is 6.22. The molecule has 0 bridgehead atoms. The van der Waals surface area contributed by atoms with E-state index in [4.69, 9.17) is 9.16 Å². The summed E-state index contributed by atoms with van der Waals surface area (Å²) in [7, 11) is -1.65. The summed E-state index contributed by atoms with van der Waals surface area (Å²) >= 11 is 0. The van der Waals surface area contributed by atoms with E-state index in [9.17, 15) is 0 Å². The summed E-state index contributed by atoms with van der Waals surface area (Å²) in [5, 5.41) is 5.03. The van der Waals surface area contributed by atoms with Gasteiger partial charge >= 0.3 is 0 Å². The number of nitrogens with one attached hydrogen (secondary N) is 1. The topological polar surface area (TPSA) is 35.4 Å². The first kappa shape index (κ1) is 17.5. The van der Waals surface area contributed by atoms with Crippen molar-refractivity contribution in [1.82, 2.24) is 4.57 Å². The van der Waals surface area contributed by atoms with Crippen LogP contribution in [0.5, 0.6) is 0 Å². The van der Waals surface area contributed by atoms with E-state index in [-0.39, 0.29) is 5.04 Å². The van der Waals surface area contributed by atoms with E-state index < -0.39 is 8.32 Å². The zero-order valence-corrected chi connectivity index (χ0v) is 16.6. The van der Waals surface area contributed by atoms with Gasteiger partial charge in [-0.3, -0.25) is 0 Å². The van der Waals surface area contributed by atoms with Gasteiger partial charge in [-0.05, 0) is 42.4 Å². The number of hydrogen-bond donors (Lipinski definition) is 1. The van der Waals surface area contributed by atoms with Gasteiger partial charge in [0, 0.05) is 29.3 Å². The lowest BCUT2D eigenvalue weighted by Gasteiger charge is -2.36. The third-order valence-corrected chi connectivity index (χ3v) is 9.97. The van der Waals surface area contributed by atoms with Crippen LogP contribution in [0.1, 0.15) is 26.8 Å². The molecule has 1 aromatic carbocycles. The van der Waals surface area contributed by atoms with Crippen molar-refractivity contribution in [3.05, 3.63) is 30.5 Å². The summed E-state index contributed by atoms with van der Waals surface area (Å²) in [6.45, 7) is 14.7. The van der Waals surface area contributed by atoms with Crippen molar-refractivity contribution < 1.29 is 9.16 Å². The minimum atomic E-state index is -1.65. The largest absolute Gasteiger partial charge is 0.415 e. The number of rotatable bonds is 6. The predicted molar refractivity (Wildman–Crippen MR) is 103 cm³/mol. The van der Waals surface area contributed by atoms with E-state index in [1.165, 1.54) is 10.9 Å². The highest BCUT2D eigenvalue weighted by atomic mass is 28.4. The molecule has 3 rings (SSSR count). The van der Waals surface area contributed by atoms with Gasteiger partial charge in [0.1, 0.15) is 0 Å². The minimum Gasteiger partial charge on any atom is -0.415 e. The van der Waals surface area contributed by atoms with E-state index in [1.807, 2.05) is 0 Å². The summed E-state index contributed by atoms with van der Waals surface area (Å²) in [6.07, 6.45) is 2.17. The smallest absolute Gasteiger partial charge is 0.192 e. The molecule has 1 N–H and O–H groups in total. The molecule has 2 aromatic rings. The predicted octanol–water partition coefficient (Wildman–Crippen LogP) is 4.65. The van der Waals surface area contributed by atoms with Gasteiger partial charge in [0.2, 0.25) is 0 Å². The normalized spacial score (nSPS) is 16.4. The summed E-state index contributed by atoms with van der Waals surface area (Å²) in [5.41, 5.74) is 2.44. The van der Waals surface area contributed by atoms with Crippen LogP contribution in [0.2, 0.25) is 18.1 Å². The molecule has 2 heterocycles. The molecule has 0 amide bonds. The van der Waals surface area contributed by atoms with E-state index in [1.54, 1.807) is 0 Å². The van der Waals surface area contributed by atoms with Crippen LogP contribution < -0.4 is 5.32 Å². The minimum absolute atomic E-state index is 0.264. The van der Waals surface area contributed by atoms with Gasteiger partial charge in [0.05, 0.1) is 25.9 Å². The molecule has 0 saturated carbocycles. The van der Waals surface area contributed by atoms with E-state index >= 15 is 0 Å². The summed E-state index contributed by atoms with van der Waals surface area (Å²) < 4.78 is 13.8. The maximum absolute atomic E-state index is 6.22. The molecule has 0 aliphatic carbocycles. The molecule has 0 atom stereocenters. The van der Waals surface area contributed by atoms with Crippen molar-refractivity contribution >= 4 is 24.9 Å². The molecule has 4 nitrogen and oxygen atoms in total. The van der Waals surface area contributed by atoms with E-state index in [2.05, 4.69) is 74.2 Å². The quantitative estimate of drug-likeness (QED) is 0.611. The maximum Gasteiger partial charge on any atom is 0.192 e. The number of fused-ring (bicyclic) bond motifs is 1. The highest BCUT2D eigenvalue weighted by molar-refractivity contribution is 6.74. The molecule has 1 aliphatic rings. The van der Waals surface area contributed by atoms with Crippen molar-refractivity contribution in [3.8, 4) is 0 Å². The number of benzene rings is 1. The first-order chi connectivity index (χ1) is 11.3. The monoisotopic (exact) mass is 346 g/mol. The van der Waals surface area contributed by atoms with Crippen LogP contribution in [0.15, 0.2) is 30.5 Å². The van der Waals surface area contributed by atoms with Crippen LogP contribution >= 0.6 is 0 Å². The highest BCUT2D eigenvalue weighted by Crippen LogP contribution is 2.36. The second-order valence-corrected chi connectivity index (χ2v) is 13.0. The SMILES string of the molecule is CC(C)(C)[Si](C)(C)OCCNc1ccc2c(ccn2C2COC2)c1.